The number of hydrogen-bond acceptors (Lipinski definition) is 4. The van der Waals surface area contributed by atoms with Crippen molar-refractivity contribution in [1.82, 2.24) is 10.3 Å². The Morgan fingerprint density at radius 3 is 2.86 bits per heavy atom. The molecule has 0 fully saturated rings. The van der Waals surface area contributed by atoms with E-state index in [1.807, 2.05) is 12.1 Å². The van der Waals surface area contributed by atoms with E-state index in [4.69, 9.17) is 10.9 Å². The van der Waals surface area contributed by atoms with Gasteiger partial charge in [0.1, 0.15) is 5.69 Å². The van der Waals surface area contributed by atoms with Gasteiger partial charge in [0.2, 0.25) is 0 Å². The molecule has 0 saturated heterocycles. The number of amidine groups is 1. The van der Waals surface area contributed by atoms with Crippen LogP contribution in [0.15, 0.2) is 23.5 Å². The van der Waals surface area contributed by atoms with E-state index in [9.17, 15) is 0 Å². The SMILES string of the molecule is CCCCCC(C)(C)CNCc1ccnc(/C(N)=N/O)c1. The summed E-state index contributed by atoms with van der Waals surface area (Å²) < 4.78 is 0. The van der Waals surface area contributed by atoms with Gasteiger partial charge in [-0.2, -0.15) is 0 Å². The Morgan fingerprint density at radius 1 is 1.43 bits per heavy atom. The van der Waals surface area contributed by atoms with Gasteiger partial charge < -0.3 is 16.3 Å². The number of rotatable bonds is 9. The molecule has 0 bridgehead atoms. The van der Waals surface area contributed by atoms with Crippen LogP contribution >= 0.6 is 0 Å². The van der Waals surface area contributed by atoms with Gasteiger partial charge in [-0.3, -0.25) is 4.98 Å². The predicted octanol–water partition coefficient (Wildman–Crippen LogP) is 2.87. The highest BCUT2D eigenvalue weighted by atomic mass is 16.4. The standard InChI is InChI=1S/C16H28N4O/c1-4-5-6-8-16(2,3)12-18-11-13-7-9-19-14(10-13)15(17)20-21/h7,9-10,18,21H,4-6,8,11-12H2,1-3H3,(H2,17,20). The van der Waals surface area contributed by atoms with Crippen molar-refractivity contribution < 1.29 is 5.21 Å². The van der Waals surface area contributed by atoms with Crippen molar-refractivity contribution in [2.75, 3.05) is 6.54 Å². The third kappa shape index (κ3) is 6.58. The molecule has 21 heavy (non-hydrogen) atoms. The van der Waals surface area contributed by atoms with Crippen molar-refractivity contribution in [2.45, 2.75) is 53.0 Å². The highest BCUT2D eigenvalue weighted by Crippen LogP contribution is 2.22. The van der Waals surface area contributed by atoms with Crippen LogP contribution in [0.4, 0.5) is 0 Å². The molecule has 1 heterocycles. The monoisotopic (exact) mass is 292 g/mol. The summed E-state index contributed by atoms with van der Waals surface area (Å²) in [4.78, 5) is 4.07. The summed E-state index contributed by atoms with van der Waals surface area (Å²) in [6.07, 6.45) is 6.76. The highest BCUT2D eigenvalue weighted by Gasteiger charge is 2.16. The molecular weight excluding hydrogens is 264 g/mol. The summed E-state index contributed by atoms with van der Waals surface area (Å²) in [5.41, 5.74) is 7.43. The Hall–Kier alpha value is -1.62. The topological polar surface area (TPSA) is 83.5 Å². The molecule has 0 amide bonds. The number of nitrogens with one attached hydrogen (secondary N) is 1. The molecular formula is C16H28N4O. The maximum absolute atomic E-state index is 8.67. The molecule has 5 heteroatoms. The van der Waals surface area contributed by atoms with Crippen LogP contribution in [0.2, 0.25) is 0 Å². The van der Waals surface area contributed by atoms with Gasteiger partial charge in [-0.1, -0.05) is 45.2 Å². The Morgan fingerprint density at radius 2 is 2.19 bits per heavy atom. The van der Waals surface area contributed by atoms with Gasteiger partial charge in [-0.25, -0.2) is 0 Å². The third-order valence-corrected chi connectivity index (χ3v) is 3.58. The molecule has 0 aliphatic heterocycles. The highest BCUT2D eigenvalue weighted by molar-refractivity contribution is 5.95. The summed E-state index contributed by atoms with van der Waals surface area (Å²) in [5, 5.41) is 15.1. The Kier molecular flexibility index (Phi) is 7.15. The van der Waals surface area contributed by atoms with Gasteiger partial charge in [0, 0.05) is 19.3 Å². The van der Waals surface area contributed by atoms with E-state index in [2.05, 4.69) is 36.2 Å². The van der Waals surface area contributed by atoms with E-state index in [0.29, 0.717) is 11.1 Å². The minimum Gasteiger partial charge on any atom is -0.409 e. The van der Waals surface area contributed by atoms with Gasteiger partial charge in [-0.05, 0) is 29.5 Å². The smallest absolute Gasteiger partial charge is 0.188 e. The van der Waals surface area contributed by atoms with E-state index in [-0.39, 0.29) is 5.84 Å². The summed E-state index contributed by atoms with van der Waals surface area (Å²) in [6, 6.07) is 3.78. The second-order valence-electron chi connectivity index (χ2n) is 6.26. The van der Waals surface area contributed by atoms with Crippen molar-refractivity contribution in [2.24, 2.45) is 16.3 Å². The fourth-order valence-corrected chi connectivity index (χ4v) is 2.26. The number of nitrogens with two attached hydrogens (primary N) is 1. The van der Waals surface area contributed by atoms with E-state index >= 15 is 0 Å². The molecule has 0 radical (unpaired) electrons. The lowest BCUT2D eigenvalue weighted by Crippen LogP contribution is -2.29. The van der Waals surface area contributed by atoms with Crippen LogP contribution in [0.3, 0.4) is 0 Å². The molecule has 0 aromatic carbocycles. The average molecular weight is 292 g/mol. The van der Waals surface area contributed by atoms with E-state index in [0.717, 1.165) is 18.7 Å². The number of oxime groups is 1. The number of nitrogens with zero attached hydrogens (tertiary/aromatic N) is 2. The van der Waals surface area contributed by atoms with Crippen LogP contribution in [0.5, 0.6) is 0 Å². The van der Waals surface area contributed by atoms with Crippen LogP contribution in [0.1, 0.15) is 57.7 Å². The first-order chi connectivity index (χ1) is 9.98. The summed E-state index contributed by atoms with van der Waals surface area (Å²) in [7, 11) is 0. The van der Waals surface area contributed by atoms with Gasteiger partial charge >= 0.3 is 0 Å². The molecule has 0 unspecified atom stereocenters. The molecule has 0 atom stereocenters. The van der Waals surface area contributed by atoms with Crippen molar-refractivity contribution in [3.05, 3.63) is 29.6 Å². The number of unbranched alkanes of at least 4 members (excludes halogenated alkanes) is 2. The van der Waals surface area contributed by atoms with E-state index in [1.54, 1.807) is 6.20 Å². The van der Waals surface area contributed by atoms with Crippen LogP contribution in [0, 0.1) is 5.41 Å². The molecule has 0 aliphatic carbocycles. The largest absolute Gasteiger partial charge is 0.409 e. The molecule has 0 saturated carbocycles. The summed E-state index contributed by atoms with van der Waals surface area (Å²) in [6.45, 7) is 8.55. The zero-order chi connectivity index (χ0) is 15.7. The molecule has 5 nitrogen and oxygen atoms in total. The lowest BCUT2D eigenvalue weighted by atomic mass is 9.87. The van der Waals surface area contributed by atoms with E-state index in [1.165, 1.54) is 25.7 Å². The fourth-order valence-electron chi connectivity index (χ4n) is 2.26. The second-order valence-corrected chi connectivity index (χ2v) is 6.26. The molecule has 118 valence electrons. The summed E-state index contributed by atoms with van der Waals surface area (Å²) >= 11 is 0. The van der Waals surface area contributed by atoms with Gasteiger partial charge in [0.25, 0.3) is 0 Å². The first-order valence-corrected chi connectivity index (χ1v) is 7.62. The van der Waals surface area contributed by atoms with Crippen LogP contribution in [-0.2, 0) is 6.54 Å². The third-order valence-electron chi connectivity index (χ3n) is 3.58. The minimum atomic E-state index is 0.0387. The van der Waals surface area contributed by atoms with Crippen molar-refractivity contribution in [3.8, 4) is 0 Å². The molecule has 1 aromatic heterocycles. The molecule has 4 N–H and O–H groups in total. The fraction of sp³-hybridized carbons (Fsp3) is 0.625. The number of aromatic nitrogens is 1. The molecule has 1 aromatic rings. The van der Waals surface area contributed by atoms with Crippen LogP contribution in [-0.4, -0.2) is 22.6 Å². The summed E-state index contributed by atoms with van der Waals surface area (Å²) in [5.74, 6) is 0.0387. The van der Waals surface area contributed by atoms with Gasteiger partial charge in [-0.15, -0.1) is 0 Å². The first-order valence-electron chi connectivity index (χ1n) is 7.62. The van der Waals surface area contributed by atoms with Crippen LogP contribution < -0.4 is 11.1 Å². The zero-order valence-electron chi connectivity index (χ0n) is 13.4. The van der Waals surface area contributed by atoms with Crippen molar-refractivity contribution in [3.63, 3.8) is 0 Å². The Labute approximate surface area is 127 Å². The quantitative estimate of drug-likeness (QED) is 0.215. The maximum Gasteiger partial charge on any atom is 0.188 e. The second kappa shape index (κ2) is 8.62. The predicted molar refractivity (Wildman–Crippen MR) is 86.4 cm³/mol. The molecule has 1 rings (SSSR count). The van der Waals surface area contributed by atoms with Gasteiger partial charge in [0.05, 0.1) is 0 Å². The van der Waals surface area contributed by atoms with E-state index < -0.39 is 0 Å². The maximum atomic E-state index is 8.67. The minimum absolute atomic E-state index is 0.0387. The Bertz CT molecular complexity index is 457. The van der Waals surface area contributed by atoms with Crippen molar-refractivity contribution >= 4 is 5.84 Å². The first kappa shape index (κ1) is 17.4. The van der Waals surface area contributed by atoms with Crippen LogP contribution in [0.25, 0.3) is 0 Å². The number of pyridine rings is 1. The zero-order valence-corrected chi connectivity index (χ0v) is 13.4. The molecule has 0 aliphatic rings. The number of hydrogen-bond donors (Lipinski definition) is 3. The lowest BCUT2D eigenvalue weighted by molar-refractivity contribution is 0.302. The molecule has 0 spiro atoms. The van der Waals surface area contributed by atoms with Crippen molar-refractivity contribution in [1.29, 1.82) is 0 Å². The average Bonchev–Trinajstić information content (AvgIpc) is 2.46. The van der Waals surface area contributed by atoms with Gasteiger partial charge in [0.15, 0.2) is 5.84 Å². The normalized spacial score (nSPS) is 12.6. The Balaban J connectivity index is 2.45. The lowest BCUT2D eigenvalue weighted by Gasteiger charge is -2.25.